The number of carbonyl (C=O) groups excluding carboxylic acids is 1. The minimum absolute atomic E-state index is 0.0624. The summed E-state index contributed by atoms with van der Waals surface area (Å²) < 4.78 is 0. The van der Waals surface area contributed by atoms with Gasteiger partial charge in [0.15, 0.2) is 12.4 Å². The highest BCUT2D eigenvalue weighted by molar-refractivity contribution is 5.98. The van der Waals surface area contributed by atoms with E-state index < -0.39 is 10.8 Å². The lowest BCUT2D eigenvalue weighted by Gasteiger charge is -2.04. The molecule has 2 aromatic rings. The number of pyridine rings is 1. The third kappa shape index (κ3) is 3.12. The van der Waals surface area contributed by atoms with Crippen LogP contribution in [0.15, 0.2) is 48.8 Å². The Morgan fingerprint density at radius 1 is 1.26 bits per heavy atom. The predicted octanol–water partition coefficient (Wildman–Crippen LogP) is 1.34. The molecule has 0 atom stereocenters. The summed E-state index contributed by atoms with van der Waals surface area (Å²) in [5, 5.41) is 13.5. The molecule has 0 bridgehead atoms. The fourth-order valence-corrected chi connectivity index (χ4v) is 1.64. The summed E-state index contributed by atoms with van der Waals surface area (Å²) in [5.41, 5.74) is 0.751. The van der Waals surface area contributed by atoms with Crippen molar-refractivity contribution in [1.29, 1.82) is 0 Å². The Balaban J connectivity index is 2.10. The molecule has 0 saturated carbocycles. The number of para-hydroxylation sites is 1. The number of nitro groups is 1. The van der Waals surface area contributed by atoms with Crippen molar-refractivity contribution < 1.29 is 14.7 Å². The monoisotopic (exact) mass is 258 g/mol. The zero-order chi connectivity index (χ0) is 13.7. The number of carbonyl (C=O) groups is 1. The van der Waals surface area contributed by atoms with Crippen molar-refractivity contribution in [2.75, 3.05) is 0 Å². The maximum absolute atomic E-state index is 11.9. The maximum Gasteiger partial charge on any atom is 0.282 e. The first-order chi connectivity index (χ1) is 9.18. The average Bonchev–Trinajstić information content (AvgIpc) is 2.46. The fourth-order valence-electron chi connectivity index (χ4n) is 1.64. The predicted molar refractivity (Wildman–Crippen MR) is 67.3 cm³/mol. The molecular formula is C13H12N3O3+. The zero-order valence-electron chi connectivity index (χ0n) is 10.00. The number of rotatable bonds is 4. The standard InChI is InChI=1S/C13H11N3O3/c17-13(15-9-10-4-3-7-14-8-10)11-5-1-2-6-12(11)16(18)19/h1-8H,9H2,(H,15,17)/p+1. The molecule has 0 spiro atoms. The summed E-state index contributed by atoms with van der Waals surface area (Å²) in [6.07, 6.45) is 3.51. The second-order valence-corrected chi connectivity index (χ2v) is 3.87. The van der Waals surface area contributed by atoms with E-state index in [4.69, 9.17) is 0 Å². The van der Waals surface area contributed by atoms with Crippen molar-refractivity contribution in [3.8, 4) is 0 Å². The van der Waals surface area contributed by atoms with Crippen molar-refractivity contribution >= 4 is 11.6 Å². The Hall–Kier alpha value is -2.76. The van der Waals surface area contributed by atoms with Crippen LogP contribution in [0.1, 0.15) is 15.9 Å². The Morgan fingerprint density at radius 3 is 2.74 bits per heavy atom. The van der Waals surface area contributed by atoms with Crippen LogP contribution in [-0.4, -0.2) is 10.8 Å². The Bertz CT molecular complexity index is 599. The molecule has 0 aliphatic carbocycles. The van der Waals surface area contributed by atoms with E-state index >= 15 is 0 Å². The van der Waals surface area contributed by atoms with E-state index in [9.17, 15) is 14.9 Å². The minimum atomic E-state index is -0.564. The van der Waals surface area contributed by atoms with E-state index in [0.717, 1.165) is 5.56 Å². The van der Waals surface area contributed by atoms with Crippen LogP contribution in [0.4, 0.5) is 5.69 Å². The largest absolute Gasteiger partial charge is 0.348 e. The highest BCUT2D eigenvalue weighted by atomic mass is 16.6. The van der Waals surface area contributed by atoms with E-state index in [0.29, 0.717) is 6.54 Å². The molecule has 6 nitrogen and oxygen atoms in total. The number of aromatic nitrogens is 1. The number of hydrogen-bond acceptors (Lipinski definition) is 3. The number of benzene rings is 1. The van der Waals surface area contributed by atoms with Gasteiger partial charge in [-0.3, -0.25) is 14.9 Å². The molecule has 0 saturated heterocycles. The number of nitrogens with one attached hydrogen (secondary N) is 2. The van der Waals surface area contributed by atoms with Crippen molar-refractivity contribution in [3.05, 3.63) is 70.0 Å². The van der Waals surface area contributed by atoms with Crippen LogP contribution in [0, 0.1) is 10.1 Å². The first kappa shape index (κ1) is 12.7. The lowest BCUT2D eigenvalue weighted by molar-refractivity contribution is -0.385. The molecule has 1 heterocycles. The second kappa shape index (κ2) is 5.72. The van der Waals surface area contributed by atoms with E-state index in [-0.39, 0.29) is 11.3 Å². The van der Waals surface area contributed by atoms with Gasteiger partial charge in [0.25, 0.3) is 11.6 Å². The van der Waals surface area contributed by atoms with Crippen molar-refractivity contribution in [2.45, 2.75) is 6.54 Å². The van der Waals surface area contributed by atoms with Gasteiger partial charge in [0.05, 0.1) is 4.92 Å². The van der Waals surface area contributed by atoms with Crippen LogP contribution in [-0.2, 0) is 6.54 Å². The SMILES string of the molecule is O=C(NCc1ccc[nH+]c1)c1ccccc1[N+](=O)[O-]. The van der Waals surface area contributed by atoms with Crippen LogP contribution < -0.4 is 10.3 Å². The summed E-state index contributed by atoms with van der Waals surface area (Å²) >= 11 is 0. The molecule has 6 heteroatoms. The molecule has 0 unspecified atom stereocenters. The van der Waals surface area contributed by atoms with E-state index in [1.165, 1.54) is 18.2 Å². The molecule has 0 fully saturated rings. The van der Waals surface area contributed by atoms with Crippen LogP contribution in [0.2, 0.25) is 0 Å². The third-order valence-corrected chi connectivity index (χ3v) is 2.57. The number of amides is 1. The molecule has 2 rings (SSSR count). The van der Waals surface area contributed by atoms with Gasteiger partial charge in [0.1, 0.15) is 5.56 Å². The minimum Gasteiger partial charge on any atom is -0.348 e. The molecule has 0 radical (unpaired) electrons. The van der Waals surface area contributed by atoms with Gasteiger partial charge in [-0.05, 0) is 12.1 Å². The molecule has 1 aromatic heterocycles. The molecule has 96 valence electrons. The summed E-state index contributed by atoms with van der Waals surface area (Å²) in [7, 11) is 0. The van der Waals surface area contributed by atoms with E-state index in [2.05, 4.69) is 10.3 Å². The molecule has 1 amide bonds. The molecule has 0 aliphatic heterocycles. The summed E-state index contributed by atoms with van der Waals surface area (Å²) in [4.78, 5) is 25.1. The first-order valence-electron chi connectivity index (χ1n) is 5.65. The van der Waals surface area contributed by atoms with Gasteiger partial charge >= 0.3 is 0 Å². The van der Waals surface area contributed by atoms with Gasteiger partial charge in [0.2, 0.25) is 0 Å². The molecule has 0 aliphatic rings. The zero-order valence-corrected chi connectivity index (χ0v) is 10.00. The number of nitro benzene ring substituents is 1. The van der Waals surface area contributed by atoms with Gasteiger partial charge in [0, 0.05) is 24.2 Å². The van der Waals surface area contributed by atoms with E-state index in [1.54, 1.807) is 18.5 Å². The Labute approximate surface area is 109 Å². The Kier molecular flexibility index (Phi) is 3.82. The highest BCUT2D eigenvalue weighted by Gasteiger charge is 2.18. The summed E-state index contributed by atoms with van der Waals surface area (Å²) in [6, 6.07) is 9.53. The molecule has 19 heavy (non-hydrogen) atoms. The van der Waals surface area contributed by atoms with Gasteiger partial charge < -0.3 is 5.32 Å². The number of H-pyrrole nitrogens is 1. The van der Waals surface area contributed by atoms with Crippen molar-refractivity contribution in [1.82, 2.24) is 5.32 Å². The van der Waals surface area contributed by atoms with Gasteiger partial charge in [-0.1, -0.05) is 12.1 Å². The summed E-state index contributed by atoms with van der Waals surface area (Å²) in [6.45, 7) is 0.308. The van der Waals surface area contributed by atoms with Gasteiger partial charge in [-0.2, -0.15) is 0 Å². The lowest BCUT2D eigenvalue weighted by atomic mass is 10.1. The smallest absolute Gasteiger partial charge is 0.282 e. The summed E-state index contributed by atoms with van der Waals surface area (Å²) in [5.74, 6) is -0.462. The quantitative estimate of drug-likeness (QED) is 0.663. The van der Waals surface area contributed by atoms with Crippen LogP contribution >= 0.6 is 0 Å². The topological polar surface area (TPSA) is 86.4 Å². The van der Waals surface area contributed by atoms with Gasteiger partial charge in [-0.25, -0.2) is 4.98 Å². The molecule has 1 aromatic carbocycles. The average molecular weight is 258 g/mol. The Morgan fingerprint density at radius 2 is 2.05 bits per heavy atom. The number of nitrogens with zero attached hydrogens (tertiary/aromatic N) is 1. The van der Waals surface area contributed by atoms with Crippen molar-refractivity contribution in [2.24, 2.45) is 0 Å². The number of hydrogen-bond donors (Lipinski definition) is 1. The van der Waals surface area contributed by atoms with Crippen LogP contribution in [0.5, 0.6) is 0 Å². The normalized spacial score (nSPS) is 9.89. The second-order valence-electron chi connectivity index (χ2n) is 3.87. The van der Waals surface area contributed by atoms with E-state index in [1.807, 2.05) is 12.1 Å². The van der Waals surface area contributed by atoms with Crippen LogP contribution in [0.25, 0.3) is 0 Å². The van der Waals surface area contributed by atoms with Crippen molar-refractivity contribution in [3.63, 3.8) is 0 Å². The number of aromatic amines is 1. The highest BCUT2D eigenvalue weighted by Crippen LogP contribution is 2.17. The molecular weight excluding hydrogens is 246 g/mol. The van der Waals surface area contributed by atoms with Gasteiger partial charge in [-0.15, -0.1) is 0 Å². The maximum atomic E-state index is 11.9. The fraction of sp³-hybridized carbons (Fsp3) is 0.0769. The lowest BCUT2D eigenvalue weighted by Crippen LogP contribution is -2.24. The first-order valence-corrected chi connectivity index (χ1v) is 5.65. The third-order valence-electron chi connectivity index (χ3n) is 2.57. The van der Waals surface area contributed by atoms with Crippen LogP contribution in [0.3, 0.4) is 0 Å². The molecule has 2 N–H and O–H groups in total.